The van der Waals surface area contributed by atoms with Crippen molar-refractivity contribution in [3.8, 4) is 0 Å². The van der Waals surface area contributed by atoms with Crippen LogP contribution in [0.15, 0.2) is 29.2 Å². The van der Waals surface area contributed by atoms with Crippen LogP contribution in [0.5, 0.6) is 0 Å². The smallest absolute Gasteiger partial charge is 0.241 e. The topological polar surface area (TPSA) is 72.2 Å². The van der Waals surface area contributed by atoms with Gasteiger partial charge in [0, 0.05) is 12.1 Å². The molecule has 1 atom stereocenters. The summed E-state index contributed by atoms with van der Waals surface area (Å²) in [5.74, 6) is 0.745. The maximum atomic E-state index is 12.5. The predicted octanol–water partition coefficient (Wildman–Crippen LogP) is 2.85. The zero-order valence-electron chi connectivity index (χ0n) is 13.7. The molecule has 0 saturated carbocycles. The van der Waals surface area contributed by atoms with Crippen LogP contribution in [0.3, 0.4) is 0 Å². The van der Waals surface area contributed by atoms with Crippen LogP contribution >= 0.6 is 0 Å². The minimum absolute atomic E-state index is 0.272. The molecule has 0 saturated heterocycles. The van der Waals surface area contributed by atoms with Crippen molar-refractivity contribution in [2.75, 3.05) is 6.54 Å². The molecule has 3 N–H and O–H groups in total. The summed E-state index contributed by atoms with van der Waals surface area (Å²) >= 11 is 0. The van der Waals surface area contributed by atoms with Crippen molar-refractivity contribution in [1.29, 1.82) is 0 Å². The lowest BCUT2D eigenvalue weighted by molar-refractivity contribution is 0.344. The van der Waals surface area contributed by atoms with Gasteiger partial charge in [-0.3, -0.25) is 0 Å². The second kappa shape index (κ2) is 6.90. The first-order valence-corrected chi connectivity index (χ1v) is 8.92. The van der Waals surface area contributed by atoms with Gasteiger partial charge in [0.15, 0.2) is 0 Å². The van der Waals surface area contributed by atoms with E-state index in [-0.39, 0.29) is 11.4 Å². The Balaban J connectivity index is 2.99. The Kier molecular flexibility index (Phi) is 5.96. The zero-order valence-corrected chi connectivity index (χ0v) is 14.5. The number of nitrogens with two attached hydrogens (primary N) is 1. The molecule has 0 radical (unpaired) electrons. The first kappa shape index (κ1) is 18.1. The van der Waals surface area contributed by atoms with Gasteiger partial charge >= 0.3 is 0 Å². The lowest BCUT2D eigenvalue weighted by Crippen LogP contribution is -2.51. The minimum atomic E-state index is -3.55. The second-order valence-corrected chi connectivity index (χ2v) is 8.37. The van der Waals surface area contributed by atoms with Crippen LogP contribution in [-0.2, 0) is 10.0 Å². The Bertz CT molecular complexity index is 550. The van der Waals surface area contributed by atoms with Gasteiger partial charge < -0.3 is 5.73 Å². The molecule has 0 aliphatic carbocycles. The van der Waals surface area contributed by atoms with Gasteiger partial charge in [0.25, 0.3) is 0 Å². The van der Waals surface area contributed by atoms with Crippen LogP contribution in [0.4, 0.5) is 0 Å². The highest BCUT2D eigenvalue weighted by molar-refractivity contribution is 7.89. The van der Waals surface area contributed by atoms with Crippen LogP contribution in [-0.4, -0.2) is 20.5 Å². The third kappa shape index (κ3) is 5.09. The van der Waals surface area contributed by atoms with Crippen molar-refractivity contribution in [3.63, 3.8) is 0 Å². The molecule has 0 aliphatic heterocycles. The Hall–Kier alpha value is -0.910. The highest BCUT2D eigenvalue weighted by atomic mass is 32.2. The zero-order chi connectivity index (χ0) is 16.3. The highest BCUT2D eigenvalue weighted by Crippen LogP contribution is 2.21. The quantitative estimate of drug-likeness (QED) is 0.813. The van der Waals surface area contributed by atoms with E-state index in [0.717, 1.165) is 5.56 Å². The van der Waals surface area contributed by atoms with E-state index in [0.29, 0.717) is 18.3 Å². The number of nitrogens with one attached hydrogen (secondary N) is 1. The van der Waals surface area contributed by atoms with E-state index in [2.05, 4.69) is 32.4 Å². The van der Waals surface area contributed by atoms with Gasteiger partial charge in [0.05, 0.1) is 4.90 Å². The molecule has 0 bridgehead atoms. The Labute approximate surface area is 129 Å². The molecule has 0 heterocycles. The van der Waals surface area contributed by atoms with Gasteiger partial charge in [-0.1, -0.05) is 39.8 Å². The number of benzene rings is 1. The van der Waals surface area contributed by atoms with Gasteiger partial charge in [0.2, 0.25) is 10.0 Å². The van der Waals surface area contributed by atoms with Crippen molar-refractivity contribution in [2.45, 2.75) is 57.4 Å². The standard InChI is InChI=1S/C16H28N2O2S/c1-12(2)10-16(5,11-17)18-21(19,20)15-8-6-14(7-9-15)13(3)4/h6-9,12-13,18H,10-11,17H2,1-5H3. The van der Waals surface area contributed by atoms with E-state index in [1.54, 1.807) is 12.1 Å². The van der Waals surface area contributed by atoms with E-state index >= 15 is 0 Å². The average Bonchev–Trinajstić information content (AvgIpc) is 2.37. The number of hydrogen-bond acceptors (Lipinski definition) is 3. The summed E-state index contributed by atoms with van der Waals surface area (Å²) in [7, 11) is -3.55. The fraction of sp³-hybridized carbons (Fsp3) is 0.625. The summed E-state index contributed by atoms with van der Waals surface area (Å²) in [4.78, 5) is 0.287. The summed E-state index contributed by atoms with van der Waals surface area (Å²) in [6, 6.07) is 7.04. The number of sulfonamides is 1. The molecule has 0 amide bonds. The van der Waals surface area contributed by atoms with E-state index in [4.69, 9.17) is 5.73 Å². The summed E-state index contributed by atoms with van der Waals surface area (Å²) in [5.41, 5.74) is 6.28. The fourth-order valence-corrected chi connectivity index (χ4v) is 3.91. The first-order valence-electron chi connectivity index (χ1n) is 7.43. The molecule has 1 aromatic carbocycles. The maximum Gasteiger partial charge on any atom is 0.241 e. The molecule has 21 heavy (non-hydrogen) atoms. The van der Waals surface area contributed by atoms with Crippen LogP contribution in [0.2, 0.25) is 0 Å². The molecule has 1 rings (SSSR count). The molecule has 1 unspecified atom stereocenters. The third-order valence-corrected chi connectivity index (χ3v) is 5.20. The van der Waals surface area contributed by atoms with Crippen molar-refractivity contribution in [1.82, 2.24) is 4.72 Å². The Morgan fingerprint density at radius 1 is 1.14 bits per heavy atom. The molecule has 120 valence electrons. The molecule has 0 aliphatic rings. The summed E-state index contributed by atoms with van der Waals surface area (Å²) in [5, 5.41) is 0. The van der Waals surface area contributed by atoms with E-state index in [1.807, 2.05) is 19.1 Å². The SMILES string of the molecule is CC(C)CC(C)(CN)NS(=O)(=O)c1ccc(C(C)C)cc1. The van der Waals surface area contributed by atoms with Gasteiger partial charge in [-0.2, -0.15) is 0 Å². The minimum Gasteiger partial charge on any atom is -0.329 e. The normalized spacial score (nSPS) is 15.4. The summed E-state index contributed by atoms with van der Waals surface area (Å²) in [6.07, 6.45) is 0.701. The molecule has 4 nitrogen and oxygen atoms in total. The van der Waals surface area contributed by atoms with Crippen LogP contribution in [0.25, 0.3) is 0 Å². The summed E-state index contributed by atoms with van der Waals surface area (Å²) in [6.45, 7) is 10.4. The predicted molar refractivity (Wildman–Crippen MR) is 87.8 cm³/mol. The largest absolute Gasteiger partial charge is 0.329 e. The maximum absolute atomic E-state index is 12.5. The molecule has 0 aromatic heterocycles. The van der Waals surface area contributed by atoms with Crippen molar-refractivity contribution in [3.05, 3.63) is 29.8 Å². The van der Waals surface area contributed by atoms with Crippen LogP contribution < -0.4 is 10.5 Å². The van der Waals surface area contributed by atoms with E-state index in [9.17, 15) is 8.42 Å². The van der Waals surface area contributed by atoms with Crippen molar-refractivity contribution >= 4 is 10.0 Å². The molecule has 1 aromatic rings. The van der Waals surface area contributed by atoms with E-state index in [1.165, 1.54) is 0 Å². The van der Waals surface area contributed by atoms with Gasteiger partial charge in [-0.05, 0) is 42.9 Å². The highest BCUT2D eigenvalue weighted by Gasteiger charge is 2.30. The fourth-order valence-electron chi connectivity index (χ4n) is 2.48. The van der Waals surface area contributed by atoms with E-state index < -0.39 is 15.6 Å². The van der Waals surface area contributed by atoms with Crippen LogP contribution in [0, 0.1) is 5.92 Å². The number of hydrogen-bond donors (Lipinski definition) is 2. The van der Waals surface area contributed by atoms with Gasteiger partial charge in [0.1, 0.15) is 0 Å². The number of rotatable bonds is 7. The third-order valence-electron chi connectivity index (χ3n) is 3.55. The molecular weight excluding hydrogens is 284 g/mol. The Morgan fingerprint density at radius 2 is 1.67 bits per heavy atom. The summed E-state index contributed by atoms with van der Waals surface area (Å²) < 4.78 is 27.8. The lowest BCUT2D eigenvalue weighted by Gasteiger charge is -2.30. The molecule has 0 spiro atoms. The molecule has 5 heteroatoms. The van der Waals surface area contributed by atoms with Crippen molar-refractivity contribution in [2.24, 2.45) is 11.7 Å². The van der Waals surface area contributed by atoms with Crippen molar-refractivity contribution < 1.29 is 8.42 Å². The van der Waals surface area contributed by atoms with Crippen LogP contribution in [0.1, 0.15) is 52.5 Å². The molecule has 0 fully saturated rings. The second-order valence-electron chi connectivity index (χ2n) is 6.69. The lowest BCUT2D eigenvalue weighted by atomic mass is 9.92. The Morgan fingerprint density at radius 3 is 2.05 bits per heavy atom. The van der Waals surface area contributed by atoms with Gasteiger partial charge in [-0.25, -0.2) is 13.1 Å². The average molecular weight is 312 g/mol. The monoisotopic (exact) mass is 312 g/mol. The van der Waals surface area contributed by atoms with Gasteiger partial charge in [-0.15, -0.1) is 0 Å². The first-order chi connectivity index (χ1) is 9.59. The molecular formula is C16H28N2O2S.